The molecule has 1 aliphatic carbocycles. The van der Waals surface area contributed by atoms with Crippen LogP contribution in [0.2, 0.25) is 0 Å². The third-order valence-corrected chi connectivity index (χ3v) is 3.11. The predicted molar refractivity (Wildman–Crippen MR) is 71.3 cm³/mol. The first-order valence-electron chi connectivity index (χ1n) is 6.92. The van der Waals surface area contributed by atoms with Crippen molar-refractivity contribution < 1.29 is 14.6 Å². The molecule has 1 rings (SSSR count). The number of carbonyl (C=O) groups excluding carboxylic acids is 1. The first kappa shape index (κ1) is 15.4. The van der Waals surface area contributed by atoms with E-state index in [9.17, 15) is 9.90 Å². The fraction of sp³-hybridized carbons (Fsp3) is 0.929. The van der Waals surface area contributed by atoms with Crippen molar-refractivity contribution in [2.24, 2.45) is 0 Å². The SMILES string of the molecule is CC(CC(=O)OC(C)(C)C)NC1CCC(O)CC1. The number of esters is 1. The minimum atomic E-state index is -0.411. The van der Waals surface area contributed by atoms with Crippen LogP contribution in [0.4, 0.5) is 0 Å². The summed E-state index contributed by atoms with van der Waals surface area (Å²) in [6, 6.07) is 0.547. The van der Waals surface area contributed by atoms with E-state index in [2.05, 4.69) is 5.32 Å². The number of nitrogens with one attached hydrogen (secondary N) is 1. The van der Waals surface area contributed by atoms with Crippen LogP contribution in [0, 0.1) is 0 Å². The van der Waals surface area contributed by atoms with Crippen LogP contribution in [0.15, 0.2) is 0 Å². The van der Waals surface area contributed by atoms with Gasteiger partial charge < -0.3 is 15.2 Å². The van der Waals surface area contributed by atoms with E-state index in [0.29, 0.717) is 12.5 Å². The number of aliphatic hydroxyl groups excluding tert-OH is 1. The Balaban J connectivity index is 2.24. The lowest BCUT2D eigenvalue weighted by Gasteiger charge is -2.29. The van der Waals surface area contributed by atoms with Crippen LogP contribution in [0.3, 0.4) is 0 Å². The number of hydrogen-bond acceptors (Lipinski definition) is 4. The molecule has 1 aliphatic rings. The molecule has 4 heteroatoms. The monoisotopic (exact) mass is 257 g/mol. The number of rotatable bonds is 4. The van der Waals surface area contributed by atoms with Gasteiger partial charge in [-0.2, -0.15) is 0 Å². The van der Waals surface area contributed by atoms with Gasteiger partial charge in [0, 0.05) is 12.1 Å². The van der Waals surface area contributed by atoms with Crippen molar-refractivity contribution in [3.05, 3.63) is 0 Å². The van der Waals surface area contributed by atoms with Crippen molar-refractivity contribution in [3.8, 4) is 0 Å². The zero-order valence-electron chi connectivity index (χ0n) is 12.0. The van der Waals surface area contributed by atoms with Gasteiger partial charge in [-0.1, -0.05) is 0 Å². The van der Waals surface area contributed by atoms with Crippen LogP contribution in [-0.4, -0.2) is 34.9 Å². The van der Waals surface area contributed by atoms with E-state index in [1.807, 2.05) is 27.7 Å². The predicted octanol–water partition coefficient (Wildman–Crippen LogP) is 2.00. The first-order valence-corrected chi connectivity index (χ1v) is 6.92. The molecule has 0 bridgehead atoms. The molecule has 0 heterocycles. The van der Waals surface area contributed by atoms with E-state index in [-0.39, 0.29) is 18.1 Å². The topological polar surface area (TPSA) is 58.6 Å². The minimum absolute atomic E-state index is 0.125. The standard InChI is InChI=1S/C14H27NO3/c1-10(9-13(17)18-14(2,3)4)15-11-5-7-12(16)8-6-11/h10-12,15-16H,5-9H2,1-4H3. The Hall–Kier alpha value is -0.610. The van der Waals surface area contributed by atoms with E-state index in [4.69, 9.17) is 4.74 Å². The van der Waals surface area contributed by atoms with Gasteiger partial charge in [0.15, 0.2) is 0 Å². The Kier molecular flexibility index (Phi) is 5.60. The number of ether oxygens (including phenoxy) is 1. The maximum absolute atomic E-state index is 11.7. The Labute approximate surface area is 110 Å². The van der Waals surface area contributed by atoms with Gasteiger partial charge in [0.1, 0.15) is 5.60 Å². The Morgan fingerprint density at radius 2 is 1.89 bits per heavy atom. The second-order valence-corrected chi connectivity index (χ2v) is 6.36. The molecule has 0 aromatic carbocycles. The van der Waals surface area contributed by atoms with Crippen LogP contribution in [-0.2, 0) is 9.53 Å². The lowest BCUT2D eigenvalue weighted by molar-refractivity contribution is -0.155. The quantitative estimate of drug-likeness (QED) is 0.756. The maximum Gasteiger partial charge on any atom is 0.307 e. The lowest BCUT2D eigenvalue weighted by Crippen LogP contribution is -2.41. The number of carbonyl (C=O) groups is 1. The highest BCUT2D eigenvalue weighted by molar-refractivity contribution is 5.70. The van der Waals surface area contributed by atoms with Crippen molar-refractivity contribution in [2.75, 3.05) is 0 Å². The molecular weight excluding hydrogens is 230 g/mol. The normalized spacial score (nSPS) is 26.7. The molecule has 0 aromatic heterocycles. The van der Waals surface area contributed by atoms with E-state index in [1.165, 1.54) is 0 Å². The van der Waals surface area contributed by atoms with E-state index < -0.39 is 5.60 Å². The van der Waals surface area contributed by atoms with Crippen molar-refractivity contribution in [1.82, 2.24) is 5.32 Å². The molecule has 0 saturated heterocycles. The average Bonchev–Trinajstić information content (AvgIpc) is 2.18. The fourth-order valence-corrected chi connectivity index (χ4v) is 2.34. The summed E-state index contributed by atoms with van der Waals surface area (Å²) in [5.74, 6) is -0.154. The summed E-state index contributed by atoms with van der Waals surface area (Å²) in [6.45, 7) is 7.65. The van der Waals surface area contributed by atoms with Crippen molar-refractivity contribution in [2.45, 2.75) is 83.6 Å². The summed E-state index contributed by atoms with van der Waals surface area (Å²) in [5, 5.41) is 12.9. The van der Waals surface area contributed by atoms with Gasteiger partial charge >= 0.3 is 5.97 Å². The van der Waals surface area contributed by atoms with Crippen LogP contribution in [0.25, 0.3) is 0 Å². The molecule has 4 nitrogen and oxygen atoms in total. The lowest BCUT2D eigenvalue weighted by atomic mass is 9.92. The highest BCUT2D eigenvalue weighted by atomic mass is 16.6. The van der Waals surface area contributed by atoms with Crippen molar-refractivity contribution in [1.29, 1.82) is 0 Å². The minimum Gasteiger partial charge on any atom is -0.460 e. The molecule has 1 unspecified atom stereocenters. The number of hydrogen-bond donors (Lipinski definition) is 2. The molecule has 0 amide bonds. The van der Waals surface area contributed by atoms with Crippen LogP contribution in [0.1, 0.15) is 59.8 Å². The number of aliphatic hydroxyl groups is 1. The second-order valence-electron chi connectivity index (χ2n) is 6.36. The molecule has 1 fully saturated rings. The van der Waals surface area contributed by atoms with Crippen LogP contribution < -0.4 is 5.32 Å². The molecular formula is C14H27NO3. The Morgan fingerprint density at radius 1 is 1.33 bits per heavy atom. The summed E-state index contributed by atoms with van der Waals surface area (Å²) in [5.41, 5.74) is -0.411. The van der Waals surface area contributed by atoms with Gasteiger partial charge in [-0.05, 0) is 53.4 Å². The maximum atomic E-state index is 11.7. The molecule has 106 valence electrons. The first-order chi connectivity index (χ1) is 8.26. The molecule has 0 radical (unpaired) electrons. The summed E-state index contributed by atoms with van der Waals surface area (Å²) >= 11 is 0. The van der Waals surface area contributed by atoms with Gasteiger partial charge in [-0.25, -0.2) is 0 Å². The zero-order chi connectivity index (χ0) is 13.8. The summed E-state index contributed by atoms with van der Waals surface area (Å²) in [6.07, 6.45) is 3.95. The zero-order valence-corrected chi connectivity index (χ0v) is 12.0. The van der Waals surface area contributed by atoms with Gasteiger partial charge in [-0.15, -0.1) is 0 Å². The van der Waals surface area contributed by atoms with Gasteiger partial charge in [-0.3, -0.25) is 4.79 Å². The van der Waals surface area contributed by atoms with E-state index >= 15 is 0 Å². The Morgan fingerprint density at radius 3 is 2.39 bits per heavy atom. The molecule has 2 N–H and O–H groups in total. The highest BCUT2D eigenvalue weighted by Gasteiger charge is 2.23. The molecule has 18 heavy (non-hydrogen) atoms. The van der Waals surface area contributed by atoms with Crippen molar-refractivity contribution in [3.63, 3.8) is 0 Å². The Bertz CT molecular complexity index is 265. The van der Waals surface area contributed by atoms with E-state index in [0.717, 1.165) is 25.7 Å². The molecule has 1 atom stereocenters. The largest absolute Gasteiger partial charge is 0.460 e. The molecule has 1 saturated carbocycles. The highest BCUT2D eigenvalue weighted by Crippen LogP contribution is 2.19. The summed E-state index contributed by atoms with van der Waals surface area (Å²) < 4.78 is 5.30. The smallest absolute Gasteiger partial charge is 0.307 e. The third-order valence-electron chi connectivity index (χ3n) is 3.11. The average molecular weight is 257 g/mol. The van der Waals surface area contributed by atoms with E-state index in [1.54, 1.807) is 0 Å². The molecule has 0 aromatic rings. The van der Waals surface area contributed by atoms with Crippen molar-refractivity contribution >= 4 is 5.97 Å². The molecule has 0 aliphatic heterocycles. The van der Waals surface area contributed by atoms with Gasteiger partial charge in [0.05, 0.1) is 12.5 Å². The van der Waals surface area contributed by atoms with Gasteiger partial charge in [0.2, 0.25) is 0 Å². The van der Waals surface area contributed by atoms with Crippen LogP contribution >= 0.6 is 0 Å². The fourth-order valence-electron chi connectivity index (χ4n) is 2.34. The van der Waals surface area contributed by atoms with Crippen LogP contribution in [0.5, 0.6) is 0 Å². The van der Waals surface area contributed by atoms with Gasteiger partial charge in [0.25, 0.3) is 0 Å². The second kappa shape index (κ2) is 6.53. The molecule has 0 spiro atoms. The third kappa shape index (κ3) is 6.36. The summed E-state index contributed by atoms with van der Waals surface area (Å²) in [4.78, 5) is 11.7. The summed E-state index contributed by atoms with van der Waals surface area (Å²) in [7, 11) is 0.